The van der Waals surface area contributed by atoms with Crippen molar-refractivity contribution in [2.75, 3.05) is 20.6 Å². The Bertz CT molecular complexity index is 602. The van der Waals surface area contributed by atoms with Crippen molar-refractivity contribution < 1.29 is 0 Å². The van der Waals surface area contributed by atoms with Crippen LogP contribution in [-0.4, -0.2) is 35.3 Å². The summed E-state index contributed by atoms with van der Waals surface area (Å²) in [7, 11) is 4.10. The maximum atomic E-state index is 6.48. The van der Waals surface area contributed by atoms with Crippen LogP contribution in [0.2, 0.25) is 0 Å². The molecule has 1 unspecified atom stereocenters. The summed E-state index contributed by atoms with van der Waals surface area (Å²) in [4.78, 5) is 2.13. The molecule has 2 rings (SSSR count). The van der Waals surface area contributed by atoms with Crippen LogP contribution < -0.4 is 5.73 Å². The van der Waals surface area contributed by atoms with E-state index in [4.69, 9.17) is 5.73 Å². The molecule has 0 amide bonds. The molecule has 21 heavy (non-hydrogen) atoms. The van der Waals surface area contributed by atoms with Gasteiger partial charge in [-0.1, -0.05) is 22.0 Å². The van der Waals surface area contributed by atoms with E-state index in [1.807, 2.05) is 10.9 Å². The van der Waals surface area contributed by atoms with Gasteiger partial charge in [0.2, 0.25) is 0 Å². The highest BCUT2D eigenvalue weighted by Crippen LogP contribution is 2.29. The molecule has 1 atom stereocenters. The summed E-state index contributed by atoms with van der Waals surface area (Å²) in [6.45, 7) is 3.80. The number of halogens is 2. The fourth-order valence-electron chi connectivity index (χ4n) is 2.26. The Morgan fingerprint density at radius 2 is 2.00 bits per heavy atom. The van der Waals surface area contributed by atoms with Crippen molar-refractivity contribution in [2.45, 2.75) is 19.5 Å². The lowest BCUT2D eigenvalue weighted by Gasteiger charge is -2.18. The Kier molecular flexibility index (Phi) is 5.60. The normalized spacial score (nSPS) is 12.9. The predicted octanol–water partition coefficient (Wildman–Crippen LogP) is 3.33. The predicted molar refractivity (Wildman–Crippen MR) is 93.4 cm³/mol. The first-order valence-electron chi connectivity index (χ1n) is 6.77. The molecule has 0 aliphatic carbocycles. The fourth-order valence-corrected chi connectivity index (χ4v) is 3.42. The van der Waals surface area contributed by atoms with E-state index in [1.165, 1.54) is 5.56 Å². The number of aromatic nitrogens is 2. The molecule has 1 aromatic heterocycles. The number of likely N-dealkylation sites (N-methyl/N-ethyl adjacent to an activating group) is 1. The van der Waals surface area contributed by atoms with Gasteiger partial charge in [0.25, 0.3) is 0 Å². The average Bonchev–Trinajstić information content (AvgIpc) is 2.75. The Balaban J connectivity index is 2.33. The second-order valence-electron chi connectivity index (χ2n) is 5.44. The standard InChI is InChI=1S/C15H20Br2N4/c1-10-6-11(8-12(16)7-10)14(18)15-13(17)9-19-21(15)5-4-20(2)3/h6-9,14H,4-5,18H2,1-3H3. The van der Waals surface area contributed by atoms with Gasteiger partial charge in [-0.05, 0) is 60.2 Å². The van der Waals surface area contributed by atoms with Crippen LogP contribution in [0.25, 0.3) is 0 Å². The molecule has 0 spiro atoms. The minimum Gasteiger partial charge on any atom is -0.319 e. The van der Waals surface area contributed by atoms with Gasteiger partial charge in [0.15, 0.2) is 0 Å². The average molecular weight is 416 g/mol. The van der Waals surface area contributed by atoms with Gasteiger partial charge in [-0.3, -0.25) is 4.68 Å². The van der Waals surface area contributed by atoms with Crippen LogP contribution in [0.4, 0.5) is 0 Å². The lowest BCUT2D eigenvalue weighted by molar-refractivity contribution is 0.368. The molecule has 2 aromatic rings. The van der Waals surface area contributed by atoms with Crippen molar-refractivity contribution in [1.29, 1.82) is 0 Å². The zero-order valence-electron chi connectivity index (χ0n) is 12.5. The van der Waals surface area contributed by atoms with Gasteiger partial charge < -0.3 is 10.6 Å². The second-order valence-corrected chi connectivity index (χ2v) is 7.21. The number of benzene rings is 1. The smallest absolute Gasteiger partial charge is 0.0739 e. The first-order chi connectivity index (χ1) is 9.88. The molecule has 0 fully saturated rings. The maximum absolute atomic E-state index is 6.48. The van der Waals surface area contributed by atoms with Gasteiger partial charge in [0.05, 0.1) is 29.0 Å². The van der Waals surface area contributed by atoms with Gasteiger partial charge >= 0.3 is 0 Å². The molecule has 1 aromatic carbocycles. The quantitative estimate of drug-likeness (QED) is 0.814. The fraction of sp³-hybridized carbons (Fsp3) is 0.400. The van der Waals surface area contributed by atoms with Gasteiger partial charge in [-0.25, -0.2) is 0 Å². The number of hydrogen-bond acceptors (Lipinski definition) is 3. The van der Waals surface area contributed by atoms with Gasteiger partial charge in [0, 0.05) is 11.0 Å². The molecular formula is C15H20Br2N4. The van der Waals surface area contributed by atoms with Crippen LogP contribution in [0.1, 0.15) is 22.9 Å². The summed E-state index contributed by atoms with van der Waals surface area (Å²) in [5, 5.41) is 4.43. The molecule has 0 aliphatic rings. The Labute approximate surface area is 142 Å². The van der Waals surface area contributed by atoms with E-state index in [0.29, 0.717) is 0 Å². The first kappa shape index (κ1) is 16.7. The monoisotopic (exact) mass is 414 g/mol. The van der Waals surface area contributed by atoms with Crippen LogP contribution >= 0.6 is 31.9 Å². The molecule has 6 heteroatoms. The van der Waals surface area contributed by atoms with Gasteiger partial charge in [0.1, 0.15) is 0 Å². The number of nitrogens with zero attached hydrogens (tertiary/aromatic N) is 3. The van der Waals surface area contributed by atoms with Crippen molar-refractivity contribution in [3.63, 3.8) is 0 Å². The molecule has 0 bridgehead atoms. The summed E-state index contributed by atoms with van der Waals surface area (Å²) >= 11 is 7.11. The Morgan fingerprint density at radius 1 is 1.29 bits per heavy atom. The number of rotatable bonds is 5. The van der Waals surface area contributed by atoms with E-state index in [1.54, 1.807) is 0 Å². The highest BCUT2D eigenvalue weighted by atomic mass is 79.9. The first-order valence-corrected chi connectivity index (χ1v) is 8.35. The molecule has 2 N–H and O–H groups in total. The second kappa shape index (κ2) is 7.05. The van der Waals surface area contributed by atoms with E-state index in [-0.39, 0.29) is 6.04 Å². The van der Waals surface area contributed by atoms with E-state index in [9.17, 15) is 0 Å². The van der Waals surface area contributed by atoms with Crippen LogP contribution in [0, 0.1) is 6.92 Å². The Hall–Kier alpha value is -0.690. The number of aryl methyl sites for hydroxylation is 1. The summed E-state index contributed by atoms with van der Waals surface area (Å²) in [5.74, 6) is 0. The van der Waals surface area contributed by atoms with Crippen molar-refractivity contribution in [3.05, 3.63) is 50.2 Å². The van der Waals surface area contributed by atoms with E-state index < -0.39 is 0 Å². The van der Waals surface area contributed by atoms with Crippen molar-refractivity contribution in [3.8, 4) is 0 Å². The topological polar surface area (TPSA) is 47.1 Å². The largest absolute Gasteiger partial charge is 0.319 e. The third kappa shape index (κ3) is 4.16. The molecule has 0 aliphatic heterocycles. The highest BCUT2D eigenvalue weighted by Gasteiger charge is 2.19. The van der Waals surface area contributed by atoms with Crippen LogP contribution in [-0.2, 0) is 6.54 Å². The minimum absolute atomic E-state index is 0.208. The van der Waals surface area contributed by atoms with Crippen molar-refractivity contribution in [1.82, 2.24) is 14.7 Å². The van der Waals surface area contributed by atoms with E-state index >= 15 is 0 Å². The Morgan fingerprint density at radius 3 is 2.62 bits per heavy atom. The van der Waals surface area contributed by atoms with Crippen LogP contribution in [0.3, 0.4) is 0 Å². The van der Waals surface area contributed by atoms with Gasteiger partial charge in [-0.15, -0.1) is 0 Å². The minimum atomic E-state index is -0.208. The molecule has 114 valence electrons. The van der Waals surface area contributed by atoms with E-state index in [0.717, 1.165) is 33.3 Å². The summed E-state index contributed by atoms with van der Waals surface area (Å²) < 4.78 is 3.97. The molecule has 0 saturated carbocycles. The molecule has 4 nitrogen and oxygen atoms in total. The number of hydrogen-bond donors (Lipinski definition) is 1. The summed E-state index contributed by atoms with van der Waals surface area (Å²) in [6.07, 6.45) is 1.82. The lowest BCUT2D eigenvalue weighted by atomic mass is 10.0. The molecular weight excluding hydrogens is 396 g/mol. The molecule has 0 saturated heterocycles. The lowest BCUT2D eigenvalue weighted by Crippen LogP contribution is -2.23. The van der Waals surface area contributed by atoms with Gasteiger partial charge in [-0.2, -0.15) is 5.10 Å². The van der Waals surface area contributed by atoms with Crippen LogP contribution in [0.5, 0.6) is 0 Å². The SMILES string of the molecule is Cc1cc(Br)cc(C(N)c2c(Br)cnn2CCN(C)C)c1. The van der Waals surface area contributed by atoms with Crippen molar-refractivity contribution in [2.24, 2.45) is 5.73 Å². The zero-order valence-corrected chi connectivity index (χ0v) is 15.6. The zero-order chi connectivity index (χ0) is 15.6. The maximum Gasteiger partial charge on any atom is 0.0739 e. The highest BCUT2D eigenvalue weighted by molar-refractivity contribution is 9.10. The number of nitrogens with two attached hydrogens (primary N) is 1. The van der Waals surface area contributed by atoms with E-state index in [2.05, 4.69) is 81.1 Å². The van der Waals surface area contributed by atoms with Crippen molar-refractivity contribution >= 4 is 31.9 Å². The molecule has 1 heterocycles. The summed E-state index contributed by atoms with van der Waals surface area (Å²) in [6, 6.07) is 6.05. The molecule has 0 radical (unpaired) electrons. The van der Waals surface area contributed by atoms with Crippen LogP contribution in [0.15, 0.2) is 33.3 Å². The third-order valence-electron chi connectivity index (χ3n) is 3.31. The third-order valence-corrected chi connectivity index (χ3v) is 4.38. The summed E-state index contributed by atoms with van der Waals surface area (Å²) in [5.41, 5.74) is 9.75.